The Morgan fingerprint density at radius 3 is 2.46 bits per heavy atom. The predicted octanol–water partition coefficient (Wildman–Crippen LogP) is 3.43. The second kappa shape index (κ2) is 8.60. The minimum absolute atomic E-state index is 0.00181. The zero-order chi connectivity index (χ0) is 20.4. The topological polar surface area (TPSA) is 74.6 Å². The minimum Gasteiger partial charge on any atom is -0.457 e. The maximum Gasteiger partial charge on any atom is 0.309 e. The molecule has 2 aliphatic carbocycles. The lowest BCUT2D eigenvalue weighted by atomic mass is 9.67. The highest BCUT2D eigenvalue weighted by atomic mass is 16.5. The number of ether oxygens (including phenoxy) is 2. The molecule has 0 aromatic carbocycles. The van der Waals surface area contributed by atoms with Gasteiger partial charge in [0.1, 0.15) is 5.78 Å². The number of methoxy groups -OCH3 is 1. The molecule has 0 saturated heterocycles. The Labute approximate surface area is 166 Å². The van der Waals surface area contributed by atoms with Crippen molar-refractivity contribution >= 4 is 17.5 Å². The monoisotopic (exact) mass is 389 g/mol. The molecule has 0 radical (unpaired) electrons. The lowest BCUT2D eigenvalue weighted by molar-refractivity contribution is -0.152. The van der Waals surface area contributed by atoms with Gasteiger partial charge in [-0.15, -0.1) is 0 Å². The summed E-state index contributed by atoms with van der Waals surface area (Å²) in [5.74, 6) is -0.452. The molecule has 1 heterocycles. The molecule has 2 bridgehead atoms. The molecule has 4 atom stereocenters. The van der Waals surface area contributed by atoms with E-state index in [1.54, 1.807) is 7.11 Å². The molecule has 0 aliphatic heterocycles. The molecule has 1 aromatic heterocycles. The van der Waals surface area contributed by atoms with E-state index in [0.29, 0.717) is 30.8 Å². The van der Waals surface area contributed by atoms with E-state index in [1.165, 1.54) is 0 Å². The number of fused-ring (bicyclic) bond motifs is 2. The first kappa shape index (κ1) is 20.8. The molecule has 6 heteroatoms. The number of aryl methyl sites for hydroxylation is 1. The van der Waals surface area contributed by atoms with Gasteiger partial charge in [0.2, 0.25) is 5.78 Å². The van der Waals surface area contributed by atoms with Crippen LogP contribution in [0.1, 0.15) is 66.8 Å². The lowest BCUT2D eigenvalue weighted by Crippen LogP contribution is -2.39. The summed E-state index contributed by atoms with van der Waals surface area (Å²) in [4.78, 5) is 37.4. The van der Waals surface area contributed by atoms with Gasteiger partial charge in [-0.05, 0) is 52.5 Å². The van der Waals surface area contributed by atoms with Crippen molar-refractivity contribution < 1.29 is 23.9 Å². The summed E-state index contributed by atoms with van der Waals surface area (Å²) < 4.78 is 12.7. The van der Waals surface area contributed by atoms with Gasteiger partial charge in [-0.2, -0.15) is 0 Å². The van der Waals surface area contributed by atoms with E-state index in [1.807, 2.05) is 26.8 Å². The molecule has 2 aliphatic rings. The van der Waals surface area contributed by atoms with E-state index < -0.39 is 0 Å². The fraction of sp³-hybridized carbons (Fsp3) is 0.682. The van der Waals surface area contributed by atoms with Gasteiger partial charge in [-0.3, -0.25) is 14.4 Å². The average Bonchev–Trinajstić information content (AvgIpc) is 2.93. The van der Waals surface area contributed by atoms with Crippen LogP contribution in [0, 0.1) is 31.6 Å². The van der Waals surface area contributed by atoms with Crippen LogP contribution in [0.3, 0.4) is 0 Å². The first-order chi connectivity index (χ1) is 13.3. The summed E-state index contributed by atoms with van der Waals surface area (Å²) in [5, 5.41) is 0. The summed E-state index contributed by atoms with van der Waals surface area (Å²) in [6.07, 6.45) is 3.97. The van der Waals surface area contributed by atoms with Gasteiger partial charge in [-0.25, -0.2) is 0 Å². The van der Waals surface area contributed by atoms with Gasteiger partial charge in [0.25, 0.3) is 0 Å². The van der Waals surface area contributed by atoms with Gasteiger partial charge in [0, 0.05) is 35.9 Å². The van der Waals surface area contributed by atoms with Crippen LogP contribution in [0.2, 0.25) is 0 Å². The van der Waals surface area contributed by atoms with Crippen LogP contribution in [0.4, 0.5) is 0 Å². The number of rotatable bonds is 7. The molecule has 3 rings (SSSR count). The van der Waals surface area contributed by atoms with Crippen molar-refractivity contribution in [3.05, 3.63) is 23.0 Å². The fourth-order valence-corrected chi connectivity index (χ4v) is 5.06. The van der Waals surface area contributed by atoms with Gasteiger partial charge in [0.05, 0.1) is 18.6 Å². The van der Waals surface area contributed by atoms with Crippen LogP contribution in [-0.2, 0) is 19.1 Å². The minimum atomic E-state index is -0.334. The van der Waals surface area contributed by atoms with Crippen molar-refractivity contribution in [3.8, 4) is 0 Å². The molecular formula is C22H31NO5. The standard InChI is InChI=1S/C22H31NO5/c1-13-8-19(15(3)23(13)14(2)11-27-4)20(24)12-28-22(26)18-9-16-6-5-7-17(10-18)21(16)25/h8,14,16-18H,5-7,9-12H2,1-4H3/t14-,16-,17+,18?/m1/s1. The fourth-order valence-electron chi connectivity index (χ4n) is 5.06. The summed E-state index contributed by atoms with van der Waals surface area (Å²) in [5.41, 5.74) is 2.43. The summed E-state index contributed by atoms with van der Waals surface area (Å²) in [7, 11) is 1.66. The van der Waals surface area contributed by atoms with E-state index in [-0.39, 0.29) is 42.2 Å². The van der Waals surface area contributed by atoms with E-state index in [4.69, 9.17) is 9.47 Å². The van der Waals surface area contributed by atoms with Crippen LogP contribution >= 0.6 is 0 Å². The van der Waals surface area contributed by atoms with E-state index in [2.05, 4.69) is 4.57 Å². The number of nitrogens with zero attached hydrogens (tertiary/aromatic N) is 1. The van der Waals surface area contributed by atoms with E-state index >= 15 is 0 Å². The van der Waals surface area contributed by atoms with Gasteiger partial charge < -0.3 is 14.0 Å². The quantitative estimate of drug-likeness (QED) is 0.528. The van der Waals surface area contributed by atoms with Crippen LogP contribution in [-0.4, -0.2) is 42.4 Å². The third-order valence-electron chi connectivity index (χ3n) is 6.36. The van der Waals surface area contributed by atoms with Crippen LogP contribution in [0.5, 0.6) is 0 Å². The van der Waals surface area contributed by atoms with Crippen molar-refractivity contribution in [1.29, 1.82) is 0 Å². The van der Waals surface area contributed by atoms with Gasteiger partial charge >= 0.3 is 5.97 Å². The molecule has 0 N–H and O–H groups in total. The molecule has 6 nitrogen and oxygen atoms in total. The molecule has 1 aromatic rings. The first-order valence-corrected chi connectivity index (χ1v) is 10.2. The van der Waals surface area contributed by atoms with Crippen molar-refractivity contribution in [2.75, 3.05) is 20.3 Å². The molecule has 28 heavy (non-hydrogen) atoms. The normalized spacial score (nSPS) is 25.4. The molecular weight excluding hydrogens is 358 g/mol. The average molecular weight is 389 g/mol. The number of hydrogen-bond acceptors (Lipinski definition) is 5. The van der Waals surface area contributed by atoms with Crippen LogP contribution < -0.4 is 0 Å². The number of hydrogen-bond donors (Lipinski definition) is 0. The van der Waals surface area contributed by atoms with E-state index in [0.717, 1.165) is 30.7 Å². The number of esters is 1. The van der Waals surface area contributed by atoms with Gasteiger partial charge in [-0.1, -0.05) is 6.42 Å². The molecule has 0 amide bonds. The SMILES string of the molecule is COC[C@@H](C)n1c(C)cc(C(=O)COC(=O)C2C[C@H]3CCC[C@@H](C2)C3=O)c1C. The maximum absolute atomic E-state index is 12.7. The Morgan fingerprint density at radius 1 is 1.21 bits per heavy atom. The highest BCUT2D eigenvalue weighted by Gasteiger charge is 2.41. The largest absolute Gasteiger partial charge is 0.457 e. The molecule has 2 fully saturated rings. The Morgan fingerprint density at radius 2 is 1.86 bits per heavy atom. The lowest BCUT2D eigenvalue weighted by Gasteiger charge is -2.36. The predicted molar refractivity (Wildman–Crippen MR) is 104 cm³/mol. The number of Topliss-reactive ketones (excluding diaryl/α,β-unsaturated/α-hetero) is 2. The van der Waals surface area contributed by atoms with Crippen molar-refractivity contribution in [3.63, 3.8) is 0 Å². The number of carbonyl (C=O) groups excluding carboxylic acids is 3. The van der Waals surface area contributed by atoms with Crippen LogP contribution in [0.25, 0.3) is 0 Å². The Hall–Kier alpha value is -1.95. The molecule has 1 unspecified atom stereocenters. The number of aromatic nitrogens is 1. The van der Waals surface area contributed by atoms with Crippen molar-refractivity contribution in [1.82, 2.24) is 4.57 Å². The number of ketones is 2. The van der Waals surface area contributed by atoms with Crippen molar-refractivity contribution in [2.45, 2.75) is 58.9 Å². The zero-order valence-corrected chi connectivity index (χ0v) is 17.3. The first-order valence-electron chi connectivity index (χ1n) is 10.2. The maximum atomic E-state index is 12.7. The smallest absolute Gasteiger partial charge is 0.309 e. The molecule has 2 saturated carbocycles. The molecule has 0 spiro atoms. The van der Waals surface area contributed by atoms with E-state index in [9.17, 15) is 14.4 Å². The zero-order valence-electron chi connectivity index (χ0n) is 17.3. The summed E-state index contributed by atoms with van der Waals surface area (Å²) in [6, 6.07) is 1.97. The summed E-state index contributed by atoms with van der Waals surface area (Å²) in [6.45, 7) is 6.21. The highest BCUT2D eigenvalue weighted by Crippen LogP contribution is 2.40. The Kier molecular flexibility index (Phi) is 6.38. The second-order valence-corrected chi connectivity index (χ2v) is 8.39. The third kappa shape index (κ3) is 4.07. The van der Waals surface area contributed by atoms with Gasteiger partial charge in [0.15, 0.2) is 6.61 Å². The second-order valence-electron chi connectivity index (χ2n) is 8.39. The highest BCUT2D eigenvalue weighted by molar-refractivity contribution is 5.99. The number of carbonyl (C=O) groups is 3. The van der Waals surface area contributed by atoms with Crippen LogP contribution in [0.15, 0.2) is 6.07 Å². The summed E-state index contributed by atoms with van der Waals surface area (Å²) >= 11 is 0. The molecule has 154 valence electrons. The third-order valence-corrected chi connectivity index (χ3v) is 6.36. The Bertz CT molecular complexity index is 749. The van der Waals surface area contributed by atoms with Crippen molar-refractivity contribution in [2.24, 2.45) is 17.8 Å². The Balaban J connectivity index is 1.61.